The molecule has 0 aliphatic rings. The second-order valence-electron chi connectivity index (χ2n) is 6.52. The quantitative estimate of drug-likeness (QED) is 0.303. The van der Waals surface area contributed by atoms with Crippen molar-refractivity contribution in [3.05, 3.63) is 46.9 Å². The van der Waals surface area contributed by atoms with Gasteiger partial charge in [0.15, 0.2) is 11.5 Å². The van der Waals surface area contributed by atoms with E-state index in [4.69, 9.17) is 14.3 Å². The topological polar surface area (TPSA) is 113 Å². The monoisotopic (exact) mass is 529 g/mol. The van der Waals surface area contributed by atoms with Gasteiger partial charge in [0.1, 0.15) is 24.8 Å². The van der Waals surface area contributed by atoms with Crippen molar-refractivity contribution in [2.24, 2.45) is 0 Å². The number of carboxylic acid groups (broad SMARTS) is 1. The number of fused-ring (bicyclic) bond motifs is 1. The Kier molecular flexibility index (Phi) is 12.9. The average Bonchev–Trinajstić information content (AvgIpc) is 2.78. The Balaban J connectivity index is 0.00000177. The van der Waals surface area contributed by atoms with Crippen LogP contribution in [0.15, 0.2) is 41.1 Å². The number of methoxy groups -OCH3 is 1. The standard InChI is InChI=1S/C21H21BrFN3O4.CH2O.Na/c1-29-18-10-14-17(11-19(18)30-8-4-2-3-5-20(27)28)24-12-25-21(14)26-16-7-6-13(22)9-15(16)23;1-2;/h6-7,9-12H,2-5,8H2,1H3,(H,27,28)(H,24,25,26);1H2;/q;;+1/p-1. The van der Waals surface area contributed by atoms with Crippen LogP contribution < -0.4 is 49.5 Å². The third-order valence-corrected chi connectivity index (χ3v) is 4.88. The van der Waals surface area contributed by atoms with Crippen molar-refractivity contribution in [3.63, 3.8) is 0 Å². The van der Waals surface area contributed by atoms with Crippen LogP contribution in [0.25, 0.3) is 10.9 Å². The molecule has 3 rings (SSSR count). The number of unbranched alkanes of at least 4 members (excludes halogenated alkanes) is 2. The first kappa shape index (κ1) is 28.8. The first-order chi connectivity index (χ1) is 15.5. The van der Waals surface area contributed by atoms with Gasteiger partial charge in [0, 0.05) is 21.9 Å². The van der Waals surface area contributed by atoms with E-state index in [0.29, 0.717) is 52.1 Å². The number of aliphatic carboxylic acids is 1. The van der Waals surface area contributed by atoms with Gasteiger partial charge in [0.25, 0.3) is 0 Å². The fraction of sp³-hybridized carbons (Fsp3) is 0.273. The minimum atomic E-state index is -1.04. The summed E-state index contributed by atoms with van der Waals surface area (Å²) in [6.45, 7) is 2.41. The van der Waals surface area contributed by atoms with Crippen LogP contribution >= 0.6 is 15.9 Å². The molecule has 2 aromatic carbocycles. The molecule has 0 bridgehead atoms. The molecule has 0 saturated carbocycles. The van der Waals surface area contributed by atoms with Crippen LogP contribution in [-0.2, 0) is 9.59 Å². The number of ether oxygens (including phenoxy) is 2. The van der Waals surface area contributed by atoms with Crippen molar-refractivity contribution >= 4 is 51.1 Å². The van der Waals surface area contributed by atoms with Crippen molar-refractivity contribution < 1.29 is 58.1 Å². The smallest absolute Gasteiger partial charge is 0.550 e. The van der Waals surface area contributed by atoms with Gasteiger partial charge in [-0.05, 0) is 49.9 Å². The number of hydrogen-bond acceptors (Lipinski definition) is 8. The predicted octanol–water partition coefficient (Wildman–Crippen LogP) is 0.792. The molecular formula is C22H22BrFN3NaO5. The van der Waals surface area contributed by atoms with Crippen molar-refractivity contribution in [1.82, 2.24) is 9.97 Å². The minimum absolute atomic E-state index is 0. The number of benzene rings is 2. The minimum Gasteiger partial charge on any atom is -0.550 e. The molecule has 0 saturated heterocycles. The van der Waals surface area contributed by atoms with E-state index in [1.807, 2.05) is 6.79 Å². The normalized spacial score (nSPS) is 9.91. The Morgan fingerprint density at radius 2 is 1.91 bits per heavy atom. The van der Waals surface area contributed by atoms with E-state index < -0.39 is 11.8 Å². The summed E-state index contributed by atoms with van der Waals surface area (Å²) in [5, 5.41) is 14.1. The van der Waals surface area contributed by atoms with E-state index >= 15 is 0 Å². The van der Waals surface area contributed by atoms with Gasteiger partial charge in [-0.15, -0.1) is 0 Å². The molecule has 0 aliphatic carbocycles. The number of anilines is 2. The van der Waals surface area contributed by atoms with Gasteiger partial charge in [0.05, 0.1) is 24.9 Å². The second-order valence-corrected chi connectivity index (χ2v) is 7.44. The largest absolute Gasteiger partial charge is 1.00 e. The van der Waals surface area contributed by atoms with Crippen molar-refractivity contribution in [1.29, 1.82) is 0 Å². The third kappa shape index (κ3) is 8.54. The van der Waals surface area contributed by atoms with Gasteiger partial charge in [-0.2, -0.15) is 0 Å². The molecule has 0 amide bonds. The first-order valence-corrected chi connectivity index (χ1v) is 10.4. The van der Waals surface area contributed by atoms with Crippen LogP contribution in [0.3, 0.4) is 0 Å². The zero-order chi connectivity index (χ0) is 23.5. The number of rotatable bonds is 10. The van der Waals surface area contributed by atoms with E-state index in [0.717, 1.165) is 6.42 Å². The molecule has 1 aromatic heterocycles. The van der Waals surface area contributed by atoms with Crippen molar-refractivity contribution in [3.8, 4) is 11.5 Å². The van der Waals surface area contributed by atoms with Crippen LogP contribution in [0.4, 0.5) is 15.9 Å². The molecule has 3 aromatic rings. The molecular weight excluding hydrogens is 508 g/mol. The Hall–Kier alpha value is -2.27. The van der Waals surface area contributed by atoms with E-state index in [1.54, 1.807) is 24.3 Å². The maximum absolute atomic E-state index is 14.2. The molecule has 0 spiro atoms. The Bertz CT molecular complexity index is 1070. The first-order valence-electron chi connectivity index (χ1n) is 9.64. The molecule has 0 atom stereocenters. The summed E-state index contributed by atoms with van der Waals surface area (Å²) in [5.74, 6) is -0.00921. The summed E-state index contributed by atoms with van der Waals surface area (Å²) in [6, 6.07) is 8.18. The number of nitrogens with zero attached hydrogens (tertiary/aromatic N) is 2. The molecule has 33 heavy (non-hydrogen) atoms. The molecule has 0 unspecified atom stereocenters. The number of carboxylic acids is 1. The number of carbonyl (C=O) groups excluding carboxylic acids is 2. The number of hydrogen-bond donors (Lipinski definition) is 1. The molecule has 1 heterocycles. The summed E-state index contributed by atoms with van der Waals surface area (Å²) in [5.41, 5.74) is 0.895. The summed E-state index contributed by atoms with van der Waals surface area (Å²) in [6.07, 6.45) is 3.41. The summed E-state index contributed by atoms with van der Waals surface area (Å²) >= 11 is 3.24. The number of halogens is 2. The van der Waals surface area contributed by atoms with E-state index in [-0.39, 0.29) is 41.7 Å². The van der Waals surface area contributed by atoms with E-state index in [2.05, 4.69) is 31.2 Å². The Labute approximate surface area is 221 Å². The summed E-state index contributed by atoms with van der Waals surface area (Å²) in [7, 11) is 1.53. The molecule has 0 aliphatic heterocycles. The van der Waals surface area contributed by atoms with E-state index in [9.17, 15) is 14.3 Å². The predicted molar refractivity (Wildman–Crippen MR) is 120 cm³/mol. The second kappa shape index (κ2) is 14.8. The molecule has 8 nitrogen and oxygen atoms in total. The van der Waals surface area contributed by atoms with Gasteiger partial charge in [-0.25, -0.2) is 14.4 Å². The fourth-order valence-corrected chi connectivity index (χ4v) is 3.22. The van der Waals surface area contributed by atoms with Crippen molar-refractivity contribution in [2.45, 2.75) is 25.7 Å². The average molecular weight is 530 g/mol. The SMILES string of the molecule is C=O.COc1cc2c(Nc3ccc(Br)cc3F)ncnc2cc1OCCCCCC(=O)[O-].[Na+]. The summed E-state index contributed by atoms with van der Waals surface area (Å²) < 4.78 is 26.1. The van der Waals surface area contributed by atoms with Crippen LogP contribution in [0, 0.1) is 5.82 Å². The fourth-order valence-electron chi connectivity index (χ4n) is 2.88. The van der Waals surface area contributed by atoms with Gasteiger partial charge >= 0.3 is 29.6 Å². The third-order valence-electron chi connectivity index (χ3n) is 4.39. The molecule has 11 heteroatoms. The number of carbonyl (C=O) groups is 2. The molecule has 170 valence electrons. The molecule has 0 fully saturated rings. The van der Waals surface area contributed by atoms with Crippen LogP contribution in [0.5, 0.6) is 11.5 Å². The number of aromatic nitrogens is 2. The Morgan fingerprint density at radius 1 is 1.15 bits per heavy atom. The van der Waals surface area contributed by atoms with Gasteiger partial charge in [-0.1, -0.05) is 15.9 Å². The van der Waals surface area contributed by atoms with Crippen molar-refractivity contribution in [2.75, 3.05) is 19.0 Å². The maximum atomic E-state index is 14.2. The zero-order valence-corrected chi connectivity index (χ0v) is 22.0. The van der Waals surface area contributed by atoms with Crippen LogP contribution in [-0.4, -0.2) is 36.4 Å². The Morgan fingerprint density at radius 3 is 2.58 bits per heavy atom. The van der Waals surface area contributed by atoms with Crippen LogP contribution in [0.1, 0.15) is 25.7 Å². The maximum Gasteiger partial charge on any atom is 1.00 e. The number of nitrogens with one attached hydrogen (secondary N) is 1. The van der Waals surface area contributed by atoms with Gasteiger partial charge < -0.3 is 29.5 Å². The van der Waals surface area contributed by atoms with Crippen LogP contribution in [0.2, 0.25) is 0 Å². The van der Waals surface area contributed by atoms with E-state index in [1.165, 1.54) is 19.5 Å². The van der Waals surface area contributed by atoms with Gasteiger partial charge in [0.2, 0.25) is 0 Å². The molecule has 1 N–H and O–H groups in total. The zero-order valence-electron chi connectivity index (χ0n) is 18.4. The summed E-state index contributed by atoms with van der Waals surface area (Å²) in [4.78, 5) is 26.9. The van der Waals surface area contributed by atoms with Gasteiger partial charge in [-0.3, -0.25) is 0 Å². The molecule has 0 radical (unpaired) electrons.